The summed E-state index contributed by atoms with van der Waals surface area (Å²) < 4.78 is 10.3. The summed E-state index contributed by atoms with van der Waals surface area (Å²) in [6.45, 7) is 7.73. The first-order chi connectivity index (χ1) is 16.6. The van der Waals surface area contributed by atoms with Crippen molar-refractivity contribution in [2.24, 2.45) is 5.92 Å². The number of methoxy groups -OCH3 is 1. The van der Waals surface area contributed by atoms with E-state index in [0.717, 1.165) is 25.1 Å². The molecule has 1 fully saturated rings. The Kier molecular flexibility index (Phi) is 8.61. The van der Waals surface area contributed by atoms with Gasteiger partial charge in [0.1, 0.15) is 11.3 Å². The number of esters is 1. The summed E-state index contributed by atoms with van der Waals surface area (Å²) in [6.07, 6.45) is 1.70. The Labute approximate surface area is 206 Å². The lowest BCUT2D eigenvalue weighted by molar-refractivity contribution is -0.136. The number of rotatable bonds is 8. The summed E-state index contributed by atoms with van der Waals surface area (Å²) in [4.78, 5) is 40.3. The third-order valence-electron chi connectivity index (χ3n) is 5.87. The first-order valence-corrected chi connectivity index (χ1v) is 11.9. The highest BCUT2D eigenvalue weighted by atomic mass is 16.6. The first kappa shape index (κ1) is 26.3. The largest absolute Gasteiger partial charge is 0.466 e. The van der Waals surface area contributed by atoms with Gasteiger partial charge in [0.2, 0.25) is 0 Å². The zero-order valence-corrected chi connectivity index (χ0v) is 20.9. The number of hydrogen-bond donors (Lipinski definition) is 3. The van der Waals surface area contributed by atoms with E-state index in [1.807, 2.05) is 45.0 Å². The lowest BCUT2D eigenvalue weighted by Gasteiger charge is -2.34. The van der Waals surface area contributed by atoms with Crippen LogP contribution >= 0.6 is 0 Å². The molecule has 10 heteroatoms. The van der Waals surface area contributed by atoms with Crippen LogP contribution in [0.1, 0.15) is 33.6 Å². The summed E-state index contributed by atoms with van der Waals surface area (Å²) in [5.41, 5.74) is 1.45. The monoisotopic (exact) mass is 488 g/mol. The van der Waals surface area contributed by atoms with Crippen LogP contribution in [0.3, 0.4) is 0 Å². The number of carbonyl (C=O) groups excluding carboxylic acids is 3. The number of carbonyl (C=O) groups is 3. The van der Waals surface area contributed by atoms with Crippen LogP contribution in [0.4, 0.5) is 16.2 Å². The number of amides is 2. The summed E-state index contributed by atoms with van der Waals surface area (Å²) >= 11 is 0. The van der Waals surface area contributed by atoms with E-state index in [9.17, 15) is 19.5 Å². The number of aliphatic hydroxyl groups is 1. The van der Waals surface area contributed by atoms with Gasteiger partial charge in [0.05, 0.1) is 25.8 Å². The van der Waals surface area contributed by atoms with Crippen molar-refractivity contribution in [3.63, 3.8) is 0 Å². The van der Waals surface area contributed by atoms with Crippen molar-refractivity contribution >= 4 is 29.3 Å². The molecule has 1 unspecified atom stereocenters. The third kappa shape index (κ3) is 7.11. The molecule has 2 aliphatic heterocycles. The molecule has 1 aromatic rings. The SMILES string of the molecule is COC(=O)C1=C(Nc2ccc(NCC3CCCN(C(=O)OC(C)(C)C)C3)cc2)C(=O)N(CCO)C1. The number of hydrogen-bond acceptors (Lipinski definition) is 8. The number of anilines is 2. The molecule has 0 saturated carbocycles. The molecule has 2 aliphatic rings. The molecule has 2 amide bonds. The van der Waals surface area contributed by atoms with Crippen molar-refractivity contribution in [3.8, 4) is 0 Å². The molecule has 0 aromatic heterocycles. The van der Waals surface area contributed by atoms with Gasteiger partial charge in [-0.2, -0.15) is 0 Å². The maximum Gasteiger partial charge on any atom is 0.410 e. The summed E-state index contributed by atoms with van der Waals surface area (Å²) in [5, 5.41) is 15.6. The highest BCUT2D eigenvalue weighted by Gasteiger charge is 2.34. The second-order valence-electron chi connectivity index (χ2n) is 9.81. The van der Waals surface area contributed by atoms with E-state index in [1.165, 1.54) is 12.0 Å². The van der Waals surface area contributed by atoms with E-state index in [0.29, 0.717) is 24.7 Å². The molecule has 3 rings (SSSR count). The average Bonchev–Trinajstić information content (AvgIpc) is 3.12. The van der Waals surface area contributed by atoms with Crippen LogP contribution in [-0.2, 0) is 19.1 Å². The molecule has 192 valence electrons. The van der Waals surface area contributed by atoms with Gasteiger partial charge in [0, 0.05) is 37.6 Å². The number of β-amino-alcohol motifs (C(OH)–C–C–N with tert-alkyl or cyclic N) is 1. The molecule has 1 aromatic carbocycles. The number of benzene rings is 1. The normalized spacial score (nSPS) is 18.5. The second-order valence-corrected chi connectivity index (χ2v) is 9.81. The van der Waals surface area contributed by atoms with Gasteiger partial charge in [-0.25, -0.2) is 9.59 Å². The number of piperidine rings is 1. The standard InChI is InChI=1S/C25H36N4O6/c1-25(2,3)35-24(33)29-11-5-6-17(15-29)14-26-18-7-9-19(10-8-18)27-21-20(23(32)34-4)16-28(12-13-30)22(21)31/h7-10,17,26-27,30H,5-6,11-16H2,1-4H3. The Bertz CT molecular complexity index is 954. The van der Waals surface area contributed by atoms with Gasteiger partial charge in [-0.3, -0.25) is 4.79 Å². The van der Waals surface area contributed by atoms with E-state index in [-0.39, 0.29) is 43.0 Å². The van der Waals surface area contributed by atoms with Gasteiger partial charge in [-0.05, 0) is 63.8 Å². The fourth-order valence-corrected chi connectivity index (χ4v) is 4.15. The predicted molar refractivity (Wildman–Crippen MR) is 132 cm³/mol. The molecule has 0 spiro atoms. The molecule has 10 nitrogen and oxygen atoms in total. The third-order valence-corrected chi connectivity index (χ3v) is 5.87. The van der Waals surface area contributed by atoms with Crippen LogP contribution in [0.25, 0.3) is 0 Å². The van der Waals surface area contributed by atoms with Crippen LogP contribution in [0.15, 0.2) is 35.5 Å². The highest BCUT2D eigenvalue weighted by Crippen LogP contribution is 2.24. The molecule has 0 radical (unpaired) electrons. The van der Waals surface area contributed by atoms with Crippen molar-refractivity contribution < 1.29 is 29.0 Å². The number of nitrogens with zero attached hydrogens (tertiary/aromatic N) is 2. The molecule has 0 aliphatic carbocycles. The quantitative estimate of drug-likeness (QED) is 0.477. The Hall–Kier alpha value is -3.27. The summed E-state index contributed by atoms with van der Waals surface area (Å²) in [7, 11) is 1.27. The van der Waals surface area contributed by atoms with E-state index >= 15 is 0 Å². The van der Waals surface area contributed by atoms with Crippen LogP contribution in [0.5, 0.6) is 0 Å². The minimum absolute atomic E-state index is 0.0930. The highest BCUT2D eigenvalue weighted by molar-refractivity contribution is 6.08. The van der Waals surface area contributed by atoms with Crippen molar-refractivity contribution in [2.75, 3.05) is 57.1 Å². The number of nitrogens with one attached hydrogen (secondary N) is 2. The molecule has 1 atom stereocenters. The molecule has 2 heterocycles. The topological polar surface area (TPSA) is 120 Å². The van der Waals surface area contributed by atoms with Gasteiger partial charge in [0.25, 0.3) is 5.91 Å². The van der Waals surface area contributed by atoms with Gasteiger partial charge in [-0.15, -0.1) is 0 Å². The van der Waals surface area contributed by atoms with E-state index in [4.69, 9.17) is 9.47 Å². The summed E-state index contributed by atoms with van der Waals surface area (Å²) in [5.74, 6) is -0.614. The fraction of sp³-hybridized carbons (Fsp3) is 0.560. The molecule has 0 bridgehead atoms. The molecule has 35 heavy (non-hydrogen) atoms. The lowest BCUT2D eigenvalue weighted by Crippen LogP contribution is -2.44. The average molecular weight is 489 g/mol. The Balaban J connectivity index is 1.57. The Morgan fingerprint density at radius 1 is 1.17 bits per heavy atom. The van der Waals surface area contributed by atoms with Crippen molar-refractivity contribution in [2.45, 2.75) is 39.2 Å². The van der Waals surface area contributed by atoms with Crippen LogP contribution < -0.4 is 10.6 Å². The van der Waals surface area contributed by atoms with Gasteiger partial charge >= 0.3 is 12.1 Å². The maximum absolute atomic E-state index is 12.7. The van der Waals surface area contributed by atoms with Crippen LogP contribution in [0, 0.1) is 5.92 Å². The number of aliphatic hydroxyl groups excluding tert-OH is 1. The number of ether oxygens (including phenoxy) is 2. The fourth-order valence-electron chi connectivity index (χ4n) is 4.15. The van der Waals surface area contributed by atoms with Gasteiger partial charge < -0.3 is 35.0 Å². The zero-order chi connectivity index (χ0) is 25.6. The van der Waals surface area contributed by atoms with Crippen LogP contribution in [0.2, 0.25) is 0 Å². The number of likely N-dealkylation sites (tertiary alicyclic amines) is 1. The van der Waals surface area contributed by atoms with E-state index in [1.54, 1.807) is 4.90 Å². The molecule has 1 saturated heterocycles. The van der Waals surface area contributed by atoms with E-state index < -0.39 is 11.6 Å². The van der Waals surface area contributed by atoms with Crippen molar-refractivity contribution in [1.29, 1.82) is 0 Å². The minimum atomic E-state index is -0.576. The zero-order valence-electron chi connectivity index (χ0n) is 20.9. The summed E-state index contributed by atoms with van der Waals surface area (Å²) in [6, 6.07) is 7.42. The van der Waals surface area contributed by atoms with Gasteiger partial charge in [0.15, 0.2) is 0 Å². The predicted octanol–water partition coefficient (Wildman–Crippen LogP) is 2.42. The van der Waals surface area contributed by atoms with Crippen LogP contribution in [-0.4, -0.2) is 84.9 Å². The van der Waals surface area contributed by atoms with Gasteiger partial charge in [-0.1, -0.05) is 0 Å². The maximum atomic E-state index is 12.7. The van der Waals surface area contributed by atoms with Crippen molar-refractivity contribution in [1.82, 2.24) is 9.80 Å². The molecule has 3 N–H and O–H groups in total. The van der Waals surface area contributed by atoms with Crippen molar-refractivity contribution in [3.05, 3.63) is 35.5 Å². The lowest BCUT2D eigenvalue weighted by atomic mass is 9.98. The molecular weight excluding hydrogens is 452 g/mol. The minimum Gasteiger partial charge on any atom is -0.466 e. The van der Waals surface area contributed by atoms with E-state index in [2.05, 4.69) is 10.6 Å². The second kappa shape index (κ2) is 11.4. The smallest absolute Gasteiger partial charge is 0.410 e. The Morgan fingerprint density at radius 3 is 2.49 bits per heavy atom. The Morgan fingerprint density at radius 2 is 1.86 bits per heavy atom. The molecular formula is C25H36N4O6. The first-order valence-electron chi connectivity index (χ1n) is 11.9.